The van der Waals surface area contributed by atoms with Crippen molar-refractivity contribution in [3.8, 4) is 5.75 Å². The number of anilines is 2. The Hall–Kier alpha value is -2.86. The Morgan fingerprint density at radius 2 is 1.77 bits per heavy atom. The summed E-state index contributed by atoms with van der Waals surface area (Å²) >= 11 is 1.70. The summed E-state index contributed by atoms with van der Waals surface area (Å²) in [5.74, 6) is 0.649. The maximum absolute atomic E-state index is 15.0. The zero-order valence-electron chi connectivity index (χ0n) is 32.0. The molecule has 3 fully saturated rings. The molecular weight excluding hydrogens is 567 g/mol. The summed E-state index contributed by atoms with van der Waals surface area (Å²) in [4.78, 5) is 23.1. The van der Waals surface area contributed by atoms with Crippen LogP contribution in [0.1, 0.15) is 42.5 Å². The van der Waals surface area contributed by atoms with E-state index in [0.29, 0.717) is 78.1 Å². The zero-order chi connectivity index (χ0) is 36.8. The molecule has 4 heterocycles. The largest absolute Gasteiger partial charge is 0.493 e. The van der Waals surface area contributed by atoms with Crippen molar-refractivity contribution in [1.29, 1.82) is 0 Å². The fourth-order valence-corrected chi connectivity index (χ4v) is 6.47. The van der Waals surface area contributed by atoms with Crippen LogP contribution in [-0.4, -0.2) is 97.0 Å². The number of piperazine rings is 1. The van der Waals surface area contributed by atoms with Crippen molar-refractivity contribution >= 4 is 34.0 Å². The molecule has 43 heavy (non-hydrogen) atoms. The number of nitrogen functional groups attached to an aromatic ring is 1. The number of benzene rings is 2. The topological polar surface area (TPSA) is 99.9 Å². The number of halogens is 1. The van der Waals surface area contributed by atoms with Crippen LogP contribution in [0.15, 0.2) is 41.2 Å². The predicted octanol–water partition coefficient (Wildman–Crippen LogP) is 3.97. The van der Waals surface area contributed by atoms with Gasteiger partial charge in [-0.3, -0.25) is 9.69 Å². The van der Waals surface area contributed by atoms with Gasteiger partial charge in [0.1, 0.15) is 22.8 Å². The molecule has 9 nitrogen and oxygen atoms in total. The maximum atomic E-state index is 15.0. The summed E-state index contributed by atoms with van der Waals surface area (Å²) < 4.78 is 96.2. The second kappa shape index (κ2) is 14.3. The van der Waals surface area contributed by atoms with Crippen LogP contribution in [0.4, 0.5) is 15.8 Å². The predicted molar refractivity (Wildman–Crippen MR) is 172 cm³/mol. The number of thioether (sulfide) groups is 1. The van der Waals surface area contributed by atoms with E-state index in [2.05, 4.69) is 9.97 Å². The number of H-pyrrole nitrogens is 1. The molecule has 6 rings (SSSR count). The summed E-state index contributed by atoms with van der Waals surface area (Å²) in [6.07, 6.45) is 3.24. The molecule has 3 saturated heterocycles. The summed E-state index contributed by atoms with van der Waals surface area (Å²) in [6.45, 7) is -8.91. The van der Waals surface area contributed by atoms with E-state index in [1.54, 1.807) is 17.8 Å². The van der Waals surface area contributed by atoms with Gasteiger partial charge in [0.15, 0.2) is 0 Å². The smallest absolute Gasteiger partial charge is 0.261 e. The number of piperidine rings is 1. The molecule has 1 aromatic heterocycles. The number of likely N-dealkylation sites (tertiary alicyclic amines) is 1. The van der Waals surface area contributed by atoms with Gasteiger partial charge >= 0.3 is 0 Å². The van der Waals surface area contributed by atoms with Crippen LogP contribution in [0.25, 0.3) is 10.9 Å². The lowest BCUT2D eigenvalue weighted by Crippen LogP contribution is -2.49. The molecular formula is C32H43FN6O3S. The van der Waals surface area contributed by atoms with Crippen LogP contribution < -0.4 is 20.9 Å². The first-order valence-corrected chi connectivity index (χ1v) is 15.8. The van der Waals surface area contributed by atoms with Crippen molar-refractivity contribution in [3.63, 3.8) is 0 Å². The number of hydrogen-bond acceptors (Lipinski definition) is 9. The van der Waals surface area contributed by atoms with Crippen molar-refractivity contribution < 1.29 is 24.8 Å². The van der Waals surface area contributed by atoms with E-state index in [1.165, 1.54) is 30.3 Å². The number of fused-ring (bicyclic) bond motifs is 1. The van der Waals surface area contributed by atoms with Crippen LogP contribution in [-0.2, 0) is 10.5 Å². The van der Waals surface area contributed by atoms with Gasteiger partial charge in [-0.15, -0.1) is 0 Å². The van der Waals surface area contributed by atoms with E-state index in [1.807, 2.05) is 4.90 Å². The van der Waals surface area contributed by atoms with Crippen LogP contribution in [0, 0.1) is 11.7 Å². The SMILES string of the molecule is [2H]C1([2H])N(CCN2CCC(COc3cc(F)c4c(=O)[nH]c(CSC5CCOCC5)nc4c3)CC2)C([2H])([2H])C([2H])([2H])N(c2ccc(N)cc2)C1([2H])[2H]. The van der Waals surface area contributed by atoms with E-state index in [4.69, 9.17) is 26.2 Å². The quantitative estimate of drug-likeness (QED) is 0.327. The summed E-state index contributed by atoms with van der Waals surface area (Å²) in [5.41, 5.74) is 5.76. The summed E-state index contributed by atoms with van der Waals surface area (Å²) in [7, 11) is 0. The lowest BCUT2D eigenvalue weighted by Gasteiger charge is -2.38. The summed E-state index contributed by atoms with van der Waals surface area (Å²) in [5, 5.41) is 0.302. The minimum atomic E-state index is -2.95. The normalized spacial score (nSPS) is 27.1. The number of aromatic amines is 1. The highest BCUT2D eigenvalue weighted by atomic mass is 32.2. The van der Waals surface area contributed by atoms with Crippen molar-refractivity contribution in [2.24, 2.45) is 5.92 Å². The van der Waals surface area contributed by atoms with E-state index in [-0.39, 0.29) is 41.3 Å². The molecule has 0 amide bonds. The van der Waals surface area contributed by atoms with Crippen LogP contribution in [0.5, 0.6) is 5.75 Å². The van der Waals surface area contributed by atoms with Crippen LogP contribution in [0.3, 0.4) is 0 Å². The average Bonchev–Trinajstić information content (AvgIpc) is 3.07. The molecule has 0 spiro atoms. The van der Waals surface area contributed by atoms with Crippen molar-refractivity contribution in [2.75, 3.05) is 82.6 Å². The Bertz CT molecular complexity index is 1730. The van der Waals surface area contributed by atoms with Crippen molar-refractivity contribution in [1.82, 2.24) is 19.8 Å². The Kier molecular flexibility index (Phi) is 7.23. The number of aromatic nitrogens is 2. The lowest BCUT2D eigenvalue weighted by atomic mass is 9.98. The van der Waals surface area contributed by atoms with Gasteiger partial charge in [0.2, 0.25) is 0 Å². The van der Waals surface area contributed by atoms with E-state index in [0.717, 1.165) is 12.8 Å². The highest BCUT2D eigenvalue weighted by molar-refractivity contribution is 7.99. The first-order chi connectivity index (χ1) is 24.0. The number of nitrogens with two attached hydrogens (primary N) is 1. The Labute approximate surface area is 268 Å². The third-order valence-electron chi connectivity index (χ3n) is 7.98. The standard InChI is InChI=1S/C32H43FN6O3S/c33-28-19-26(20-29-31(28)32(40)36-30(35-29)22-43-27-7-17-41-18-8-27)42-21-23-5-9-37(10-6-23)11-12-38-13-15-39(16-14-38)25-3-1-24(34)2-4-25/h1-4,19-20,23,27H,5-18,21-22,34H2,(H,35,36,40)/i13D2,14D2,15D2,16D2. The van der Waals surface area contributed by atoms with Gasteiger partial charge in [0, 0.05) is 86.5 Å². The fourth-order valence-electron chi connectivity index (χ4n) is 5.41. The molecule has 0 aliphatic carbocycles. The number of nitrogens with zero attached hydrogens (tertiary/aromatic N) is 4. The summed E-state index contributed by atoms with van der Waals surface area (Å²) in [6, 6.07) is 8.32. The first kappa shape index (κ1) is 21.8. The number of nitrogens with one attached hydrogen (secondary N) is 1. The minimum Gasteiger partial charge on any atom is -0.493 e. The van der Waals surface area contributed by atoms with Gasteiger partial charge in [-0.05, 0) is 69.0 Å². The molecule has 0 radical (unpaired) electrons. The van der Waals surface area contributed by atoms with Crippen molar-refractivity contribution in [2.45, 2.75) is 36.7 Å². The third-order valence-corrected chi connectivity index (χ3v) is 9.37. The second-order valence-corrected chi connectivity index (χ2v) is 12.3. The van der Waals surface area contributed by atoms with Crippen LogP contribution in [0.2, 0.25) is 0 Å². The zero-order valence-corrected chi connectivity index (χ0v) is 24.8. The fraction of sp³-hybridized carbons (Fsp3) is 0.562. The van der Waals surface area contributed by atoms with E-state index < -0.39 is 37.4 Å². The minimum absolute atomic E-state index is 0.0304. The Morgan fingerprint density at radius 1 is 1.05 bits per heavy atom. The molecule has 3 N–H and O–H groups in total. The first-order valence-electron chi connectivity index (χ1n) is 18.7. The highest BCUT2D eigenvalue weighted by Gasteiger charge is 2.23. The molecule has 0 bridgehead atoms. The lowest BCUT2D eigenvalue weighted by molar-refractivity contribution is 0.1000. The highest BCUT2D eigenvalue weighted by Crippen LogP contribution is 2.27. The van der Waals surface area contributed by atoms with Gasteiger partial charge in [-0.25, -0.2) is 9.37 Å². The molecule has 11 heteroatoms. The number of rotatable bonds is 10. The monoisotopic (exact) mass is 618 g/mol. The van der Waals surface area contributed by atoms with Gasteiger partial charge in [-0.1, -0.05) is 0 Å². The number of ether oxygens (including phenoxy) is 2. The van der Waals surface area contributed by atoms with E-state index >= 15 is 4.39 Å². The molecule has 3 aliphatic heterocycles. The molecule has 3 aliphatic rings. The Morgan fingerprint density at radius 3 is 2.51 bits per heavy atom. The maximum Gasteiger partial charge on any atom is 0.261 e. The van der Waals surface area contributed by atoms with Gasteiger partial charge in [0.05, 0.1) is 23.4 Å². The van der Waals surface area contributed by atoms with Gasteiger partial charge < -0.3 is 30.0 Å². The second-order valence-electron chi connectivity index (χ2n) is 11.1. The molecule has 2 aromatic carbocycles. The molecule has 3 aromatic rings. The molecule has 0 saturated carbocycles. The van der Waals surface area contributed by atoms with Gasteiger partial charge in [0.25, 0.3) is 5.56 Å². The average molecular weight is 619 g/mol. The Balaban J connectivity index is 1.05. The molecule has 0 atom stereocenters. The van der Waals surface area contributed by atoms with Crippen LogP contribution >= 0.6 is 11.8 Å². The van der Waals surface area contributed by atoms with Crippen molar-refractivity contribution in [3.05, 3.63) is 58.4 Å². The molecule has 0 unspecified atom stereocenters. The third kappa shape index (κ3) is 8.00. The molecule has 232 valence electrons. The number of hydrogen-bond donors (Lipinski definition) is 2. The van der Waals surface area contributed by atoms with Gasteiger partial charge in [-0.2, -0.15) is 11.8 Å². The van der Waals surface area contributed by atoms with E-state index in [9.17, 15) is 4.79 Å².